The lowest BCUT2D eigenvalue weighted by molar-refractivity contribution is -0.137. The number of hydrogen-bond acceptors (Lipinski definition) is 4. The van der Waals surface area contributed by atoms with Gasteiger partial charge in [-0.2, -0.15) is 13.2 Å². The van der Waals surface area contributed by atoms with Crippen molar-refractivity contribution in [3.05, 3.63) is 136 Å². The summed E-state index contributed by atoms with van der Waals surface area (Å²) in [5, 5.41) is 12.4. The summed E-state index contributed by atoms with van der Waals surface area (Å²) in [6.45, 7) is 0. The van der Waals surface area contributed by atoms with Gasteiger partial charge in [0.15, 0.2) is 0 Å². The highest BCUT2D eigenvalue weighted by atomic mass is 35.5. The number of anilines is 1. The van der Waals surface area contributed by atoms with Crippen LogP contribution >= 0.6 is 23.2 Å². The van der Waals surface area contributed by atoms with Gasteiger partial charge in [-0.15, -0.1) is 0 Å². The molecule has 0 saturated carbocycles. The van der Waals surface area contributed by atoms with E-state index >= 15 is 0 Å². The maximum Gasteiger partial charge on any atom is 0.416 e. The van der Waals surface area contributed by atoms with Crippen LogP contribution in [0.5, 0.6) is 0 Å². The summed E-state index contributed by atoms with van der Waals surface area (Å²) in [7, 11) is 0. The number of amides is 1. The molecule has 0 bridgehead atoms. The number of aromatic carboxylic acids is 1. The van der Waals surface area contributed by atoms with Gasteiger partial charge in [-0.3, -0.25) is 14.8 Å². The molecular weight excluding hydrogens is 590 g/mol. The number of rotatable bonds is 5. The lowest BCUT2D eigenvalue weighted by Gasteiger charge is -2.09. The Hall–Kier alpha value is -4.73. The summed E-state index contributed by atoms with van der Waals surface area (Å²) in [6, 6.07) is 24.2. The van der Waals surface area contributed by atoms with E-state index < -0.39 is 23.6 Å². The van der Waals surface area contributed by atoms with Gasteiger partial charge in [-0.25, -0.2) is 4.79 Å². The number of carbonyl (C=O) groups excluding carboxylic acids is 1. The van der Waals surface area contributed by atoms with Crippen LogP contribution in [0.4, 0.5) is 18.9 Å². The molecule has 0 aliphatic rings. The molecule has 0 fully saturated rings. The number of nitrogens with zero attached hydrogens (tertiary/aromatic N) is 2. The predicted octanol–water partition coefficient (Wildman–Crippen LogP) is 8.77. The molecule has 0 radical (unpaired) electrons. The van der Waals surface area contributed by atoms with E-state index in [2.05, 4.69) is 15.3 Å². The first-order valence-electron chi connectivity index (χ1n) is 12.2. The number of carboxylic acid groups (broad SMARTS) is 1. The largest absolute Gasteiger partial charge is 0.478 e. The summed E-state index contributed by atoms with van der Waals surface area (Å²) in [5.41, 5.74) is 2.92. The van der Waals surface area contributed by atoms with Crippen molar-refractivity contribution >= 4 is 40.8 Å². The van der Waals surface area contributed by atoms with Crippen LogP contribution in [-0.2, 0) is 6.18 Å². The van der Waals surface area contributed by atoms with E-state index in [1.807, 2.05) is 0 Å². The molecule has 42 heavy (non-hydrogen) atoms. The molecule has 6 nitrogen and oxygen atoms in total. The van der Waals surface area contributed by atoms with E-state index in [1.54, 1.807) is 73.1 Å². The smallest absolute Gasteiger partial charge is 0.416 e. The summed E-state index contributed by atoms with van der Waals surface area (Å²) >= 11 is 12.1. The van der Waals surface area contributed by atoms with Gasteiger partial charge >= 0.3 is 12.1 Å². The Morgan fingerprint density at radius 3 is 1.52 bits per heavy atom. The minimum Gasteiger partial charge on any atom is -0.478 e. The normalized spacial score (nSPS) is 10.8. The summed E-state index contributed by atoms with van der Waals surface area (Å²) < 4.78 is 37.7. The number of carbonyl (C=O) groups is 2. The summed E-state index contributed by atoms with van der Waals surface area (Å²) in [5.74, 6) is -1.37. The highest BCUT2D eigenvalue weighted by molar-refractivity contribution is 6.33. The molecular formula is C31H20Cl2F3N3O3. The molecule has 3 aromatic carbocycles. The Bertz CT molecular complexity index is 1690. The average Bonchev–Trinajstić information content (AvgIpc) is 2.98. The molecule has 0 aliphatic carbocycles. The number of nitrogens with one attached hydrogen (secondary N) is 1. The molecule has 0 aliphatic heterocycles. The second kappa shape index (κ2) is 13.3. The number of carboxylic acids is 1. The Morgan fingerprint density at radius 2 is 1.12 bits per heavy atom. The Morgan fingerprint density at radius 1 is 0.667 bits per heavy atom. The van der Waals surface area contributed by atoms with Crippen molar-refractivity contribution in [2.24, 2.45) is 0 Å². The lowest BCUT2D eigenvalue weighted by Crippen LogP contribution is -2.12. The van der Waals surface area contributed by atoms with E-state index in [0.717, 1.165) is 23.3 Å². The molecule has 5 rings (SSSR count). The molecule has 0 unspecified atom stereocenters. The van der Waals surface area contributed by atoms with Gasteiger partial charge in [0, 0.05) is 34.8 Å². The van der Waals surface area contributed by atoms with Crippen LogP contribution in [0.15, 0.2) is 109 Å². The fourth-order valence-corrected chi connectivity index (χ4v) is 4.15. The molecule has 11 heteroatoms. The first kappa shape index (κ1) is 30.2. The van der Waals surface area contributed by atoms with Crippen LogP contribution < -0.4 is 5.32 Å². The Labute approximate surface area is 248 Å². The minimum absolute atomic E-state index is 0.246. The topological polar surface area (TPSA) is 92.2 Å². The van der Waals surface area contributed by atoms with E-state index in [4.69, 9.17) is 28.3 Å². The second-order valence-corrected chi connectivity index (χ2v) is 9.47. The summed E-state index contributed by atoms with van der Waals surface area (Å²) in [4.78, 5) is 31.2. The van der Waals surface area contributed by atoms with Crippen LogP contribution in [-0.4, -0.2) is 27.0 Å². The van der Waals surface area contributed by atoms with Crippen molar-refractivity contribution in [1.29, 1.82) is 0 Å². The number of alkyl halides is 3. The van der Waals surface area contributed by atoms with Crippen molar-refractivity contribution in [3.8, 4) is 22.5 Å². The van der Waals surface area contributed by atoms with Gasteiger partial charge in [0.2, 0.25) is 0 Å². The van der Waals surface area contributed by atoms with Crippen LogP contribution in [0, 0.1) is 0 Å². The standard InChI is InChI=1S/C19H12ClF3N2O.C12H8ClNO2/c20-16-2-1-11-24-17(16)12-3-5-13(6-4-12)18(26)25-15-9-7-14(8-10-15)19(21,22)23;13-10-2-1-7-14-11(10)8-3-5-9(6-4-8)12(15)16/h1-11H,(H,25,26);1-7H,(H,15,16). The fraction of sp³-hybridized carbons (Fsp3) is 0.0323. The second-order valence-electron chi connectivity index (χ2n) is 8.66. The van der Waals surface area contributed by atoms with E-state index in [1.165, 1.54) is 24.3 Å². The van der Waals surface area contributed by atoms with Gasteiger partial charge in [0.25, 0.3) is 5.91 Å². The van der Waals surface area contributed by atoms with Crippen LogP contribution in [0.25, 0.3) is 22.5 Å². The highest BCUT2D eigenvalue weighted by Crippen LogP contribution is 2.30. The monoisotopic (exact) mass is 609 g/mol. The molecule has 2 heterocycles. The number of aromatic nitrogens is 2. The van der Waals surface area contributed by atoms with Crippen molar-refractivity contribution in [2.75, 3.05) is 5.32 Å². The van der Waals surface area contributed by atoms with E-state index in [-0.39, 0.29) is 11.3 Å². The van der Waals surface area contributed by atoms with Gasteiger partial charge < -0.3 is 10.4 Å². The molecule has 0 spiro atoms. The maximum atomic E-state index is 12.6. The average molecular weight is 610 g/mol. The van der Waals surface area contributed by atoms with Crippen molar-refractivity contribution in [2.45, 2.75) is 6.18 Å². The molecule has 212 valence electrons. The van der Waals surface area contributed by atoms with Crippen molar-refractivity contribution in [1.82, 2.24) is 9.97 Å². The summed E-state index contributed by atoms with van der Waals surface area (Å²) in [6.07, 6.45) is -1.15. The third-order valence-electron chi connectivity index (χ3n) is 5.81. The van der Waals surface area contributed by atoms with Gasteiger partial charge in [-0.1, -0.05) is 47.5 Å². The van der Waals surface area contributed by atoms with Gasteiger partial charge in [0.1, 0.15) is 0 Å². The fourth-order valence-electron chi connectivity index (χ4n) is 3.69. The number of pyridine rings is 2. The van der Waals surface area contributed by atoms with Crippen LogP contribution in [0.2, 0.25) is 10.0 Å². The van der Waals surface area contributed by atoms with Crippen molar-refractivity contribution in [3.63, 3.8) is 0 Å². The van der Waals surface area contributed by atoms with Crippen molar-refractivity contribution < 1.29 is 27.9 Å². The SMILES string of the molecule is O=C(Nc1ccc(C(F)(F)F)cc1)c1ccc(-c2ncccc2Cl)cc1.O=C(O)c1ccc(-c2ncccc2Cl)cc1. The van der Waals surface area contributed by atoms with E-state index in [0.29, 0.717) is 27.0 Å². The van der Waals surface area contributed by atoms with Gasteiger partial charge in [0.05, 0.1) is 32.6 Å². The third kappa shape index (κ3) is 7.72. The predicted molar refractivity (Wildman–Crippen MR) is 156 cm³/mol. The first-order chi connectivity index (χ1) is 20.0. The molecule has 0 saturated heterocycles. The zero-order valence-electron chi connectivity index (χ0n) is 21.4. The van der Waals surface area contributed by atoms with Crippen LogP contribution in [0.1, 0.15) is 26.3 Å². The Balaban J connectivity index is 0.000000216. The zero-order valence-corrected chi connectivity index (χ0v) is 23.0. The molecule has 1 amide bonds. The third-order valence-corrected chi connectivity index (χ3v) is 6.42. The van der Waals surface area contributed by atoms with Crippen LogP contribution in [0.3, 0.4) is 0 Å². The number of hydrogen-bond donors (Lipinski definition) is 2. The molecule has 2 aromatic heterocycles. The first-order valence-corrected chi connectivity index (χ1v) is 12.9. The molecule has 2 N–H and O–H groups in total. The zero-order chi connectivity index (χ0) is 30.3. The minimum atomic E-state index is -4.41. The molecule has 5 aromatic rings. The quantitative estimate of drug-likeness (QED) is 0.208. The number of benzene rings is 3. The lowest BCUT2D eigenvalue weighted by atomic mass is 10.1. The van der Waals surface area contributed by atoms with Gasteiger partial charge in [-0.05, 0) is 72.8 Å². The highest BCUT2D eigenvalue weighted by Gasteiger charge is 2.30. The molecule has 0 atom stereocenters. The maximum absolute atomic E-state index is 12.6. The van der Waals surface area contributed by atoms with E-state index in [9.17, 15) is 22.8 Å². The number of halogens is 5. The Kier molecular flexibility index (Phi) is 9.57.